The molecule has 0 amide bonds. The highest BCUT2D eigenvalue weighted by molar-refractivity contribution is 6.02. The number of nitriles is 1. The zero-order valence-corrected chi connectivity index (χ0v) is 35.8. The van der Waals surface area contributed by atoms with E-state index in [4.69, 9.17) is 29.4 Å². The maximum Gasteiger partial charge on any atom is 0.333 e. The van der Waals surface area contributed by atoms with Crippen LogP contribution in [0.4, 0.5) is 0 Å². The summed E-state index contributed by atoms with van der Waals surface area (Å²) in [4.78, 5) is 30.0. The standard InChI is InChI=1S/C47H59N3O8.CH4/c1-26(2)14-13-19-45(8)20-18-30-38(56-45)29(16-15-27(3)4)40-35(39(30)55-23-12-11-22-51)37-36-34(32(25-48)42(49)50(37)9)31-24-33-44(6,7)58-46(41(31)52,47(33,36)57-40)21-17-28(5)43(53)54-10;/h14-15,17-18,20,31,33-34,51H,11-13,16,19,21-24,49H2,1-10H3;1H4/b28-17-;. The van der Waals surface area contributed by atoms with Gasteiger partial charge in [-0.3, -0.25) is 4.79 Å². The molecule has 318 valence electrons. The van der Waals surface area contributed by atoms with Crippen molar-refractivity contribution in [2.75, 3.05) is 27.4 Å². The molecular formula is C48H63N3O8. The minimum absolute atomic E-state index is 0. The van der Waals surface area contributed by atoms with Gasteiger partial charge in [-0.05, 0) is 106 Å². The quantitative estimate of drug-likeness (QED) is 0.0857. The Kier molecular flexibility index (Phi) is 11.6. The number of fused-ring (bicyclic) bond motifs is 3. The van der Waals surface area contributed by atoms with Gasteiger partial charge >= 0.3 is 5.97 Å². The number of carbonyl (C=O) groups excluding carboxylic acids is 2. The molecule has 3 aliphatic carbocycles. The Morgan fingerprint density at radius 1 is 1.08 bits per heavy atom. The number of unbranched alkanes of at least 4 members (excludes halogenated alkanes) is 1. The molecule has 0 radical (unpaired) electrons. The smallest absolute Gasteiger partial charge is 0.333 e. The van der Waals surface area contributed by atoms with Gasteiger partial charge in [-0.25, -0.2) is 4.79 Å². The number of hydrogen-bond acceptors (Lipinski definition) is 11. The van der Waals surface area contributed by atoms with Crippen LogP contribution in [0.3, 0.4) is 0 Å². The fourth-order valence-corrected chi connectivity index (χ4v) is 10.5. The second-order valence-corrected chi connectivity index (χ2v) is 18.0. The van der Waals surface area contributed by atoms with E-state index < -0.39 is 40.2 Å². The Hall–Kier alpha value is -4.79. The van der Waals surface area contributed by atoms with Crippen LogP contribution in [0, 0.1) is 29.1 Å². The van der Waals surface area contributed by atoms with E-state index in [9.17, 15) is 15.2 Å². The SMILES string of the molecule is C.COC(=O)/C(C)=C\CC12OC(C)(C)C3CC(C1=O)C1C(C#N)=C(N)N(C)C4=C1C32Oc1c(CC=C(C)C)c2c(c(OCCCCO)c14)C=CC(C)(CCC=C(C)C)O2. The molecule has 1 aromatic carbocycles. The van der Waals surface area contributed by atoms with Crippen molar-refractivity contribution in [3.63, 3.8) is 0 Å². The summed E-state index contributed by atoms with van der Waals surface area (Å²) < 4.78 is 34.0. The third-order valence-corrected chi connectivity index (χ3v) is 13.2. The molecule has 6 unspecified atom stereocenters. The predicted molar refractivity (Wildman–Crippen MR) is 228 cm³/mol. The van der Waals surface area contributed by atoms with Crippen LogP contribution < -0.4 is 19.9 Å². The van der Waals surface area contributed by atoms with Gasteiger partial charge in [0.15, 0.2) is 17.0 Å². The first kappa shape index (κ1) is 43.8. The van der Waals surface area contributed by atoms with E-state index in [0.717, 1.165) is 40.8 Å². The number of carbonyl (C=O) groups is 2. The lowest BCUT2D eigenvalue weighted by molar-refractivity contribution is -0.181. The lowest BCUT2D eigenvalue weighted by atomic mass is 9.44. The molecule has 8 rings (SSSR count). The number of ketones is 1. The van der Waals surface area contributed by atoms with Crippen molar-refractivity contribution in [3.8, 4) is 23.3 Å². The molecule has 59 heavy (non-hydrogen) atoms. The summed E-state index contributed by atoms with van der Waals surface area (Å²) in [7, 11) is 3.19. The molecule has 1 aromatic rings. The minimum Gasteiger partial charge on any atom is -0.492 e. The Morgan fingerprint density at radius 2 is 1.80 bits per heavy atom. The van der Waals surface area contributed by atoms with Gasteiger partial charge in [0.1, 0.15) is 28.7 Å². The van der Waals surface area contributed by atoms with Gasteiger partial charge in [0.25, 0.3) is 0 Å². The van der Waals surface area contributed by atoms with Gasteiger partial charge in [0.2, 0.25) is 0 Å². The zero-order chi connectivity index (χ0) is 42.1. The van der Waals surface area contributed by atoms with Crippen LogP contribution in [0.2, 0.25) is 0 Å². The summed E-state index contributed by atoms with van der Waals surface area (Å²) in [6, 6.07) is 2.40. The fraction of sp³-hybridized carbons (Fsp3) is 0.562. The van der Waals surface area contributed by atoms with Crippen molar-refractivity contribution in [2.45, 2.75) is 130 Å². The summed E-state index contributed by atoms with van der Waals surface area (Å²) in [5, 5.41) is 20.5. The van der Waals surface area contributed by atoms with Crippen LogP contribution in [0.25, 0.3) is 11.8 Å². The van der Waals surface area contributed by atoms with Crippen LogP contribution in [0.15, 0.2) is 58.0 Å². The predicted octanol–water partition coefficient (Wildman–Crippen LogP) is 8.27. The molecule has 4 fully saturated rings. The molecule has 1 saturated heterocycles. The second-order valence-electron chi connectivity index (χ2n) is 18.0. The fourth-order valence-electron chi connectivity index (χ4n) is 10.5. The molecular weight excluding hydrogens is 747 g/mol. The first-order valence-corrected chi connectivity index (χ1v) is 20.6. The van der Waals surface area contributed by atoms with E-state index in [-0.39, 0.29) is 38.0 Å². The van der Waals surface area contributed by atoms with Crippen molar-refractivity contribution in [1.29, 1.82) is 5.26 Å². The van der Waals surface area contributed by atoms with Crippen LogP contribution in [-0.4, -0.2) is 71.5 Å². The van der Waals surface area contributed by atoms with E-state index in [1.165, 1.54) is 12.7 Å². The normalized spacial score (nSPS) is 29.0. The third-order valence-electron chi connectivity index (χ3n) is 13.2. The number of benzene rings is 1. The van der Waals surface area contributed by atoms with E-state index in [1.807, 2.05) is 25.8 Å². The monoisotopic (exact) mass is 809 g/mol. The third kappa shape index (κ3) is 6.53. The number of Topliss-reactive ketones (excluding diaryl/α,β-unsaturated/α-hetero) is 1. The molecule has 1 spiro atoms. The van der Waals surface area contributed by atoms with Gasteiger partial charge in [-0.15, -0.1) is 0 Å². The van der Waals surface area contributed by atoms with Crippen LogP contribution in [-0.2, 0) is 25.5 Å². The Labute approximate surface area is 350 Å². The van der Waals surface area contributed by atoms with E-state index >= 15 is 4.79 Å². The molecule has 3 N–H and O–H groups in total. The van der Waals surface area contributed by atoms with Gasteiger partial charge in [0.05, 0.1) is 47.8 Å². The first-order chi connectivity index (χ1) is 27.4. The number of methoxy groups -OCH3 is 1. The van der Waals surface area contributed by atoms with Gasteiger partial charge in [-0.2, -0.15) is 5.26 Å². The van der Waals surface area contributed by atoms with Crippen molar-refractivity contribution in [1.82, 2.24) is 4.90 Å². The van der Waals surface area contributed by atoms with Gasteiger partial charge < -0.3 is 39.4 Å². The second kappa shape index (κ2) is 15.7. The average Bonchev–Trinajstić information content (AvgIpc) is 3.31. The minimum atomic E-state index is -1.56. The van der Waals surface area contributed by atoms with Gasteiger partial charge in [0, 0.05) is 54.5 Å². The molecule has 6 atom stereocenters. The topological polar surface area (TPSA) is 154 Å². The highest BCUT2D eigenvalue weighted by Gasteiger charge is 2.84. The van der Waals surface area contributed by atoms with E-state index in [2.05, 4.69) is 65.0 Å². The number of hydrogen-bond donors (Lipinski definition) is 2. The largest absolute Gasteiger partial charge is 0.492 e. The summed E-state index contributed by atoms with van der Waals surface area (Å²) in [6.45, 7) is 16.4. The van der Waals surface area contributed by atoms with Crippen molar-refractivity contribution < 1.29 is 38.4 Å². The maximum absolute atomic E-state index is 15.4. The highest BCUT2D eigenvalue weighted by atomic mass is 16.6. The number of aliphatic hydroxyl groups is 1. The lowest BCUT2D eigenvalue weighted by Gasteiger charge is -2.63. The Morgan fingerprint density at radius 3 is 2.44 bits per heavy atom. The van der Waals surface area contributed by atoms with Crippen LogP contribution >= 0.6 is 0 Å². The Bertz CT molecular complexity index is 2180. The molecule has 11 nitrogen and oxygen atoms in total. The van der Waals surface area contributed by atoms with Crippen molar-refractivity contribution in [2.24, 2.45) is 23.5 Å². The van der Waals surface area contributed by atoms with E-state index in [0.29, 0.717) is 66.2 Å². The summed E-state index contributed by atoms with van der Waals surface area (Å²) >= 11 is 0. The van der Waals surface area contributed by atoms with Crippen LogP contribution in [0.5, 0.6) is 17.2 Å². The zero-order valence-electron chi connectivity index (χ0n) is 35.8. The molecule has 0 aromatic heterocycles. The molecule has 4 aliphatic heterocycles. The molecule has 4 heterocycles. The molecule has 11 heteroatoms. The summed E-state index contributed by atoms with van der Waals surface area (Å²) in [5.41, 5.74) is 9.30. The highest BCUT2D eigenvalue weighted by Crippen LogP contribution is 2.74. The Balaban J connectivity index is 0.00000585. The molecule has 3 saturated carbocycles. The molecule has 7 aliphatic rings. The first-order valence-electron chi connectivity index (χ1n) is 20.6. The number of allylic oxidation sites excluding steroid dienone is 5. The summed E-state index contributed by atoms with van der Waals surface area (Å²) in [5.74, 6) is -0.289. The number of esters is 1. The molecule has 4 bridgehead atoms. The van der Waals surface area contributed by atoms with Gasteiger partial charge in [-0.1, -0.05) is 36.8 Å². The number of aliphatic hydroxyl groups excluding tert-OH is 1. The number of ether oxygens (including phenoxy) is 5. The van der Waals surface area contributed by atoms with Crippen molar-refractivity contribution in [3.05, 3.63) is 74.7 Å². The lowest BCUT2D eigenvalue weighted by Crippen LogP contribution is -2.75. The average molecular weight is 810 g/mol. The number of nitrogens with two attached hydrogens (primary N) is 1. The summed E-state index contributed by atoms with van der Waals surface area (Å²) in [6.07, 6.45) is 13.9. The van der Waals surface area contributed by atoms with E-state index in [1.54, 1.807) is 13.0 Å². The van der Waals surface area contributed by atoms with Crippen LogP contribution in [0.1, 0.15) is 118 Å². The van der Waals surface area contributed by atoms with Crippen molar-refractivity contribution >= 4 is 23.5 Å². The number of rotatable bonds is 13. The maximum atomic E-state index is 15.4. The number of nitrogens with zero attached hydrogens (tertiary/aromatic N) is 2.